The zero-order valence-corrected chi connectivity index (χ0v) is 14.7. The number of rotatable bonds is 4. The number of nitrogens with one attached hydrogen (secondary N) is 2. The number of fused-ring (bicyclic) bond motifs is 1. The molecule has 0 aromatic heterocycles. The van der Waals surface area contributed by atoms with Gasteiger partial charge in [0.15, 0.2) is 0 Å². The van der Waals surface area contributed by atoms with E-state index in [1.807, 2.05) is 30.3 Å². The maximum absolute atomic E-state index is 12.8. The first-order chi connectivity index (χ1) is 13.1. The molecule has 2 aliphatic heterocycles. The topological polar surface area (TPSA) is 87.7 Å². The van der Waals surface area contributed by atoms with Crippen LogP contribution in [-0.4, -0.2) is 23.8 Å². The molecule has 0 aliphatic carbocycles. The summed E-state index contributed by atoms with van der Waals surface area (Å²) in [7, 11) is 0. The average Bonchev–Trinajstić information content (AvgIpc) is 3.21. The molecule has 0 spiro atoms. The summed E-state index contributed by atoms with van der Waals surface area (Å²) in [6.45, 7) is 0.0585. The number of carbonyl (C=O) groups is 3. The smallest absolute Gasteiger partial charge is 0.356 e. The van der Waals surface area contributed by atoms with Gasteiger partial charge in [-0.05, 0) is 23.8 Å². The largest absolute Gasteiger partial charge is 0.456 e. The first kappa shape index (κ1) is 17.3. The van der Waals surface area contributed by atoms with Crippen molar-refractivity contribution < 1.29 is 19.1 Å². The quantitative estimate of drug-likeness (QED) is 0.617. The molecule has 1 saturated heterocycles. The van der Waals surface area contributed by atoms with E-state index in [0.717, 1.165) is 10.5 Å². The van der Waals surface area contributed by atoms with Crippen molar-refractivity contribution in [2.75, 3.05) is 4.90 Å². The Labute approximate surface area is 159 Å². The number of amides is 2. The third-order valence-corrected chi connectivity index (χ3v) is 4.52. The van der Waals surface area contributed by atoms with Crippen LogP contribution in [0, 0.1) is 0 Å². The van der Waals surface area contributed by atoms with Crippen molar-refractivity contribution in [1.29, 1.82) is 0 Å². The highest BCUT2D eigenvalue weighted by molar-refractivity contribution is 6.34. The van der Waals surface area contributed by atoms with Crippen molar-refractivity contribution >= 4 is 35.1 Å². The van der Waals surface area contributed by atoms with Gasteiger partial charge in [-0.25, -0.2) is 15.1 Å². The van der Waals surface area contributed by atoms with Gasteiger partial charge in [0, 0.05) is 5.02 Å². The molecule has 27 heavy (non-hydrogen) atoms. The molecule has 136 valence electrons. The number of benzene rings is 2. The molecule has 2 aliphatic rings. The van der Waals surface area contributed by atoms with Crippen molar-refractivity contribution in [3.8, 4) is 0 Å². The van der Waals surface area contributed by atoms with E-state index >= 15 is 0 Å². The van der Waals surface area contributed by atoms with E-state index in [2.05, 4.69) is 10.9 Å². The molecule has 1 atom stereocenters. The molecule has 2 N–H and O–H groups in total. The molecule has 7 nitrogen and oxygen atoms in total. The van der Waals surface area contributed by atoms with Crippen molar-refractivity contribution in [3.63, 3.8) is 0 Å². The molecule has 0 radical (unpaired) electrons. The number of hydrogen-bond donors (Lipinski definition) is 2. The van der Waals surface area contributed by atoms with E-state index in [1.54, 1.807) is 18.2 Å². The van der Waals surface area contributed by atoms with Crippen LogP contribution in [0.15, 0.2) is 65.9 Å². The summed E-state index contributed by atoms with van der Waals surface area (Å²) in [6.07, 6.45) is 0. The van der Waals surface area contributed by atoms with Crippen LogP contribution in [0.4, 0.5) is 5.69 Å². The molecule has 8 heteroatoms. The summed E-state index contributed by atoms with van der Waals surface area (Å²) in [5.74, 6) is -1.79. The van der Waals surface area contributed by atoms with Crippen LogP contribution in [0.25, 0.3) is 0 Å². The Morgan fingerprint density at radius 3 is 2.63 bits per heavy atom. The number of anilines is 1. The molecule has 0 saturated carbocycles. The van der Waals surface area contributed by atoms with Gasteiger partial charge in [0.2, 0.25) is 0 Å². The summed E-state index contributed by atoms with van der Waals surface area (Å²) in [4.78, 5) is 38.9. The van der Waals surface area contributed by atoms with Crippen LogP contribution in [-0.2, 0) is 25.7 Å². The number of esters is 1. The molecule has 2 aromatic carbocycles. The fraction of sp³-hybridized carbons (Fsp3) is 0.105. The van der Waals surface area contributed by atoms with Crippen LogP contribution in [0.5, 0.6) is 0 Å². The van der Waals surface area contributed by atoms with Gasteiger partial charge in [-0.2, -0.15) is 0 Å². The summed E-state index contributed by atoms with van der Waals surface area (Å²) in [6, 6.07) is 14.6. The highest BCUT2D eigenvalue weighted by Gasteiger charge is 2.50. The van der Waals surface area contributed by atoms with Crippen molar-refractivity contribution in [3.05, 3.63) is 76.5 Å². The van der Waals surface area contributed by atoms with Crippen molar-refractivity contribution in [2.45, 2.75) is 12.6 Å². The van der Waals surface area contributed by atoms with Gasteiger partial charge in [-0.1, -0.05) is 48.0 Å². The zero-order valence-electron chi connectivity index (χ0n) is 13.9. The maximum atomic E-state index is 12.8. The Hall–Kier alpha value is -3.16. The van der Waals surface area contributed by atoms with Crippen LogP contribution in [0.3, 0.4) is 0 Å². The van der Waals surface area contributed by atoms with Gasteiger partial charge in [0.25, 0.3) is 11.8 Å². The van der Waals surface area contributed by atoms with E-state index in [1.165, 1.54) is 6.07 Å². The number of hydrogen-bond acceptors (Lipinski definition) is 6. The van der Waals surface area contributed by atoms with Crippen molar-refractivity contribution in [2.24, 2.45) is 0 Å². The Bertz CT molecular complexity index is 974. The lowest BCUT2D eigenvalue weighted by molar-refractivity contribution is -0.141. The van der Waals surface area contributed by atoms with Gasteiger partial charge in [-0.3, -0.25) is 9.59 Å². The van der Waals surface area contributed by atoms with E-state index < -0.39 is 23.8 Å². The maximum Gasteiger partial charge on any atom is 0.356 e. The second-order valence-electron chi connectivity index (χ2n) is 6.01. The molecule has 4 rings (SSSR count). The van der Waals surface area contributed by atoms with E-state index in [0.29, 0.717) is 10.7 Å². The zero-order chi connectivity index (χ0) is 19.0. The molecule has 1 fully saturated rings. The summed E-state index contributed by atoms with van der Waals surface area (Å²) in [5.41, 5.74) is 6.41. The number of carbonyl (C=O) groups excluding carboxylic acids is 3. The summed E-state index contributed by atoms with van der Waals surface area (Å²) in [5, 5.41) is 0.396. The molecule has 2 amide bonds. The fourth-order valence-corrected chi connectivity index (χ4v) is 3.19. The number of halogens is 1. The molecule has 2 heterocycles. The highest BCUT2D eigenvalue weighted by Crippen LogP contribution is 2.31. The van der Waals surface area contributed by atoms with E-state index in [-0.39, 0.29) is 17.9 Å². The molecule has 0 unspecified atom stereocenters. The second kappa shape index (κ2) is 6.86. The lowest BCUT2D eigenvalue weighted by atomic mass is 10.1. The Morgan fingerprint density at radius 1 is 1.11 bits per heavy atom. The Morgan fingerprint density at radius 2 is 1.89 bits per heavy atom. The SMILES string of the molecule is O=C(OCc1ccccc1)C1=C2C(=O)N(c3cccc(Cl)c3)C(=O)[C@H]2NN1. The molecule has 2 aromatic rings. The fourth-order valence-electron chi connectivity index (χ4n) is 3.01. The normalized spacial score (nSPS) is 18.6. The predicted octanol–water partition coefficient (Wildman–Crippen LogP) is 1.69. The van der Waals surface area contributed by atoms with Crippen LogP contribution in [0.2, 0.25) is 5.02 Å². The van der Waals surface area contributed by atoms with Crippen LogP contribution >= 0.6 is 11.6 Å². The Kier molecular flexibility index (Phi) is 4.39. The number of ether oxygens (including phenoxy) is 1. The first-order valence-corrected chi connectivity index (χ1v) is 8.54. The lowest BCUT2D eigenvalue weighted by Gasteiger charge is -2.16. The van der Waals surface area contributed by atoms with Crippen molar-refractivity contribution in [1.82, 2.24) is 10.9 Å². The number of nitrogens with zero attached hydrogens (tertiary/aromatic N) is 1. The Balaban J connectivity index is 1.59. The lowest BCUT2D eigenvalue weighted by Crippen LogP contribution is -2.42. The van der Waals surface area contributed by atoms with Gasteiger partial charge in [0.05, 0.1) is 11.3 Å². The highest BCUT2D eigenvalue weighted by atomic mass is 35.5. The van der Waals surface area contributed by atoms with Gasteiger partial charge < -0.3 is 10.2 Å². The van der Waals surface area contributed by atoms with Crippen LogP contribution < -0.4 is 15.8 Å². The summed E-state index contributed by atoms with van der Waals surface area (Å²) >= 11 is 5.95. The summed E-state index contributed by atoms with van der Waals surface area (Å²) < 4.78 is 5.26. The van der Waals surface area contributed by atoms with Crippen LogP contribution in [0.1, 0.15) is 5.56 Å². The van der Waals surface area contributed by atoms with Gasteiger partial charge in [-0.15, -0.1) is 0 Å². The van der Waals surface area contributed by atoms with E-state index in [9.17, 15) is 14.4 Å². The predicted molar refractivity (Wildman–Crippen MR) is 97.3 cm³/mol. The second-order valence-corrected chi connectivity index (χ2v) is 6.45. The van der Waals surface area contributed by atoms with E-state index in [4.69, 9.17) is 16.3 Å². The van der Waals surface area contributed by atoms with Gasteiger partial charge in [0.1, 0.15) is 18.3 Å². The third-order valence-electron chi connectivity index (χ3n) is 4.28. The number of hydrazine groups is 1. The molecular weight excluding hydrogens is 370 g/mol. The molecule has 0 bridgehead atoms. The minimum Gasteiger partial charge on any atom is -0.456 e. The minimum atomic E-state index is -0.948. The molecular formula is C19H14ClN3O4. The minimum absolute atomic E-state index is 0.0398. The first-order valence-electron chi connectivity index (χ1n) is 8.17. The number of imide groups is 1. The monoisotopic (exact) mass is 383 g/mol. The standard InChI is InChI=1S/C19H14ClN3O4/c20-12-7-4-8-13(9-12)23-17(24)14-15(18(23)25)21-22-16(14)19(26)27-10-11-5-2-1-3-6-11/h1-9,15,21-22H,10H2/t15-/m0/s1. The van der Waals surface area contributed by atoms with Gasteiger partial charge >= 0.3 is 5.97 Å². The third kappa shape index (κ3) is 3.07. The average molecular weight is 384 g/mol.